The highest BCUT2D eigenvalue weighted by Crippen LogP contribution is 2.73. The Bertz CT molecular complexity index is 313. The minimum absolute atomic E-state index is 0.352. The fraction of sp³-hybridized carbons (Fsp3) is 1.00. The minimum atomic E-state index is -0.404. The van der Waals surface area contributed by atoms with E-state index in [1.807, 2.05) is 0 Å². The standard InChI is InChI=1S/C15H26O/c1-10-5-6-11-13(2,3)12-9-15(10,11)8-7-14(12,4)16/h10-12,16H,5-9H2,1-4H3/t10-,11-,12-,14+,15-/m1/s1. The van der Waals surface area contributed by atoms with Gasteiger partial charge >= 0.3 is 0 Å². The summed E-state index contributed by atoms with van der Waals surface area (Å²) in [5.74, 6) is 2.29. The fourth-order valence-electron chi connectivity index (χ4n) is 5.88. The molecule has 1 N–H and O–H groups in total. The molecule has 0 unspecified atom stereocenters. The molecule has 0 aliphatic heterocycles. The molecular formula is C15H26O. The molecule has 5 atom stereocenters. The van der Waals surface area contributed by atoms with Crippen molar-refractivity contribution in [1.29, 1.82) is 0 Å². The van der Waals surface area contributed by atoms with E-state index in [-0.39, 0.29) is 0 Å². The van der Waals surface area contributed by atoms with E-state index in [1.165, 1.54) is 25.7 Å². The van der Waals surface area contributed by atoms with Crippen molar-refractivity contribution < 1.29 is 5.11 Å². The first kappa shape index (κ1) is 11.1. The molecular weight excluding hydrogens is 196 g/mol. The summed E-state index contributed by atoms with van der Waals surface area (Å²) in [6.45, 7) is 9.38. The van der Waals surface area contributed by atoms with Gasteiger partial charge in [0.1, 0.15) is 0 Å². The Morgan fingerprint density at radius 2 is 1.69 bits per heavy atom. The molecule has 1 spiro atoms. The van der Waals surface area contributed by atoms with Crippen molar-refractivity contribution in [1.82, 2.24) is 0 Å². The summed E-state index contributed by atoms with van der Waals surface area (Å²) in [5.41, 5.74) is 0.542. The zero-order valence-corrected chi connectivity index (χ0v) is 11.2. The monoisotopic (exact) mass is 222 g/mol. The molecule has 3 fully saturated rings. The van der Waals surface area contributed by atoms with Gasteiger partial charge in [-0.3, -0.25) is 0 Å². The van der Waals surface area contributed by atoms with E-state index in [9.17, 15) is 5.11 Å². The summed E-state index contributed by atoms with van der Waals surface area (Å²) in [6, 6.07) is 0. The van der Waals surface area contributed by atoms with Crippen LogP contribution in [0, 0.1) is 28.6 Å². The van der Waals surface area contributed by atoms with Crippen LogP contribution in [0.5, 0.6) is 0 Å². The van der Waals surface area contributed by atoms with Gasteiger partial charge in [-0.1, -0.05) is 20.8 Å². The zero-order chi connectivity index (χ0) is 11.8. The average molecular weight is 222 g/mol. The number of aliphatic hydroxyl groups is 1. The first-order chi connectivity index (χ1) is 7.31. The highest BCUT2D eigenvalue weighted by atomic mass is 16.3. The molecule has 0 saturated heterocycles. The van der Waals surface area contributed by atoms with Crippen molar-refractivity contribution in [3.63, 3.8) is 0 Å². The van der Waals surface area contributed by atoms with Crippen molar-refractivity contribution >= 4 is 0 Å². The molecule has 1 heteroatoms. The highest BCUT2D eigenvalue weighted by Gasteiger charge is 2.67. The van der Waals surface area contributed by atoms with Gasteiger partial charge in [-0.05, 0) is 67.6 Å². The van der Waals surface area contributed by atoms with Crippen molar-refractivity contribution in [2.75, 3.05) is 0 Å². The largest absolute Gasteiger partial charge is 0.390 e. The van der Waals surface area contributed by atoms with Crippen LogP contribution in [0.1, 0.15) is 59.8 Å². The van der Waals surface area contributed by atoms with Crippen LogP contribution < -0.4 is 0 Å². The lowest BCUT2D eigenvalue weighted by Gasteiger charge is -2.44. The Morgan fingerprint density at radius 3 is 2.38 bits per heavy atom. The average Bonchev–Trinajstić information content (AvgIpc) is 2.58. The second-order valence-corrected chi connectivity index (χ2v) is 7.70. The molecule has 1 nitrogen and oxygen atoms in total. The van der Waals surface area contributed by atoms with E-state index in [4.69, 9.17) is 0 Å². The SMILES string of the molecule is C[C@@H]1CC[C@@H]2C(C)(C)[C@H]3C[C@]12CC[C@]3(C)O. The molecule has 0 amide bonds. The van der Waals surface area contributed by atoms with E-state index in [0.717, 1.165) is 18.3 Å². The van der Waals surface area contributed by atoms with Gasteiger partial charge in [0, 0.05) is 0 Å². The van der Waals surface area contributed by atoms with Crippen LogP contribution in [-0.2, 0) is 0 Å². The quantitative estimate of drug-likeness (QED) is 0.664. The molecule has 0 aromatic rings. The summed E-state index contributed by atoms with van der Waals surface area (Å²) in [7, 11) is 0. The minimum Gasteiger partial charge on any atom is -0.390 e. The Morgan fingerprint density at radius 1 is 1.00 bits per heavy atom. The van der Waals surface area contributed by atoms with Crippen LogP contribution in [0.2, 0.25) is 0 Å². The molecule has 3 saturated carbocycles. The summed E-state index contributed by atoms with van der Waals surface area (Å²) < 4.78 is 0. The predicted molar refractivity (Wildman–Crippen MR) is 66.1 cm³/mol. The molecule has 92 valence electrons. The van der Waals surface area contributed by atoms with Crippen molar-refractivity contribution in [3.05, 3.63) is 0 Å². The van der Waals surface area contributed by atoms with E-state index in [0.29, 0.717) is 16.7 Å². The molecule has 0 aromatic carbocycles. The van der Waals surface area contributed by atoms with Crippen molar-refractivity contribution in [2.24, 2.45) is 28.6 Å². The normalized spacial score (nSPS) is 58.7. The summed E-state index contributed by atoms with van der Waals surface area (Å²) in [5, 5.41) is 10.6. The van der Waals surface area contributed by atoms with Gasteiger partial charge in [0.25, 0.3) is 0 Å². The summed E-state index contributed by atoms with van der Waals surface area (Å²) in [6.07, 6.45) is 6.41. The maximum absolute atomic E-state index is 10.6. The van der Waals surface area contributed by atoms with Crippen LogP contribution in [0.25, 0.3) is 0 Å². The van der Waals surface area contributed by atoms with Crippen LogP contribution in [0.4, 0.5) is 0 Å². The maximum atomic E-state index is 10.6. The molecule has 0 radical (unpaired) electrons. The second kappa shape index (κ2) is 2.85. The Balaban J connectivity index is 2.07. The molecule has 0 aromatic heterocycles. The van der Waals surface area contributed by atoms with Gasteiger partial charge in [-0.15, -0.1) is 0 Å². The fourth-order valence-corrected chi connectivity index (χ4v) is 5.88. The van der Waals surface area contributed by atoms with Crippen LogP contribution in [-0.4, -0.2) is 10.7 Å². The van der Waals surface area contributed by atoms with Crippen molar-refractivity contribution in [2.45, 2.75) is 65.4 Å². The molecule has 2 bridgehead atoms. The van der Waals surface area contributed by atoms with E-state index < -0.39 is 5.60 Å². The first-order valence-corrected chi connectivity index (χ1v) is 7.03. The van der Waals surface area contributed by atoms with Crippen LogP contribution >= 0.6 is 0 Å². The lowest BCUT2D eigenvalue weighted by molar-refractivity contribution is -0.0717. The predicted octanol–water partition coefficient (Wildman–Crippen LogP) is 3.61. The lowest BCUT2D eigenvalue weighted by Crippen LogP contribution is -2.44. The Kier molecular flexibility index (Phi) is 1.98. The van der Waals surface area contributed by atoms with Crippen LogP contribution in [0.3, 0.4) is 0 Å². The van der Waals surface area contributed by atoms with Gasteiger partial charge in [-0.2, -0.15) is 0 Å². The van der Waals surface area contributed by atoms with Crippen molar-refractivity contribution in [3.8, 4) is 0 Å². The number of rotatable bonds is 0. The van der Waals surface area contributed by atoms with Gasteiger partial charge in [0.2, 0.25) is 0 Å². The van der Waals surface area contributed by atoms with Gasteiger partial charge in [-0.25, -0.2) is 0 Å². The lowest BCUT2D eigenvalue weighted by atomic mass is 9.64. The Labute approximate surface area is 99.6 Å². The third-order valence-corrected chi connectivity index (χ3v) is 6.79. The van der Waals surface area contributed by atoms with Gasteiger partial charge in [0.05, 0.1) is 5.60 Å². The molecule has 3 aliphatic rings. The summed E-state index contributed by atoms with van der Waals surface area (Å²) >= 11 is 0. The molecule has 3 aliphatic carbocycles. The number of fused-ring (bicyclic) bond motifs is 1. The third kappa shape index (κ3) is 1.06. The van der Waals surface area contributed by atoms with E-state index in [1.54, 1.807) is 0 Å². The zero-order valence-electron chi connectivity index (χ0n) is 11.2. The maximum Gasteiger partial charge on any atom is 0.0653 e. The van der Waals surface area contributed by atoms with E-state index in [2.05, 4.69) is 27.7 Å². The van der Waals surface area contributed by atoms with Crippen LogP contribution in [0.15, 0.2) is 0 Å². The topological polar surface area (TPSA) is 20.2 Å². The van der Waals surface area contributed by atoms with Gasteiger partial charge < -0.3 is 5.11 Å². The summed E-state index contributed by atoms with van der Waals surface area (Å²) in [4.78, 5) is 0. The first-order valence-electron chi connectivity index (χ1n) is 7.03. The molecule has 0 heterocycles. The van der Waals surface area contributed by atoms with Gasteiger partial charge in [0.15, 0.2) is 0 Å². The number of hydrogen-bond donors (Lipinski definition) is 1. The number of hydrogen-bond acceptors (Lipinski definition) is 1. The Hall–Kier alpha value is -0.0400. The smallest absolute Gasteiger partial charge is 0.0653 e. The molecule has 16 heavy (non-hydrogen) atoms. The van der Waals surface area contributed by atoms with E-state index >= 15 is 0 Å². The second-order valence-electron chi connectivity index (χ2n) is 7.70. The highest BCUT2D eigenvalue weighted by molar-refractivity contribution is 5.16. The molecule has 3 rings (SSSR count). The third-order valence-electron chi connectivity index (χ3n) is 6.79.